The van der Waals surface area contributed by atoms with Crippen LogP contribution >= 0.6 is 0 Å². The lowest BCUT2D eigenvalue weighted by Gasteiger charge is -2.31. The molecule has 1 aliphatic heterocycles. The van der Waals surface area contributed by atoms with Gasteiger partial charge in [-0.15, -0.1) is 0 Å². The van der Waals surface area contributed by atoms with E-state index in [9.17, 15) is 14.8 Å². The van der Waals surface area contributed by atoms with E-state index in [2.05, 4.69) is 4.90 Å². The van der Waals surface area contributed by atoms with E-state index in [4.69, 9.17) is 0 Å². The lowest BCUT2D eigenvalue weighted by atomic mass is 10.0. The first-order chi connectivity index (χ1) is 13.7. The Labute approximate surface area is 165 Å². The van der Waals surface area contributed by atoms with Gasteiger partial charge in [0.2, 0.25) is 0 Å². The van der Waals surface area contributed by atoms with Gasteiger partial charge in [-0.25, -0.2) is 0 Å². The highest BCUT2D eigenvalue weighted by molar-refractivity contribution is 6.07. The molecule has 5 nitrogen and oxygen atoms in total. The van der Waals surface area contributed by atoms with Gasteiger partial charge in [-0.05, 0) is 34.9 Å². The van der Waals surface area contributed by atoms with Crippen LogP contribution in [0.25, 0.3) is 12.2 Å². The molecule has 2 aromatic rings. The molecule has 0 saturated carbocycles. The molecule has 144 valence electrons. The summed E-state index contributed by atoms with van der Waals surface area (Å²) in [5, 5.41) is 10.8. The minimum Gasteiger partial charge on any atom is -0.314 e. The van der Waals surface area contributed by atoms with Crippen LogP contribution < -0.4 is 0 Å². The molecule has 1 aliphatic rings. The molecule has 0 atom stereocenters. The Morgan fingerprint density at radius 1 is 0.964 bits per heavy atom. The Bertz CT molecular complexity index is 881. The van der Waals surface area contributed by atoms with Crippen LogP contribution in [0, 0.1) is 0 Å². The van der Waals surface area contributed by atoms with Crippen molar-refractivity contribution in [2.24, 2.45) is 0 Å². The lowest BCUT2D eigenvalue weighted by molar-refractivity contribution is -0.118. The van der Waals surface area contributed by atoms with Crippen LogP contribution in [-0.4, -0.2) is 53.4 Å². The van der Waals surface area contributed by atoms with Crippen molar-refractivity contribution in [3.05, 3.63) is 82.9 Å². The van der Waals surface area contributed by atoms with Gasteiger partial charge >= 0.3 is 0 Å². The van der Waals surface area contributed by atoms with Gasteiger partial charge in [0.25, 0.3) is 0 Å². The molecule has 0 aromatic heterocycles. The molecular formula is C23H24N2O3. The number of carbonyl (C=O) groups excluding carboxylic acids is 2. The summed E-state index contributed by atoms with van der Waals surface area (Å²) in [6, 6.07) is 15.3. The van der Waals surface area contributed by atoms with E-state index < -0.39 is 0 Å². The molecule has 1 N–H and O–H groups in total. The largest absolute Gasteiger partial charge is 0.314 e. The monoisotopic (exact) mass is 376 g/mol. The molecule has 1 saturated heterocycles. The maximum absolute atomic E-state index is 12.8. The van der Waals surface area contributed by atoms with Gasteiger partial charge in [0.1, 0.15) is 6.29 Å². The zero-order chi connectivity index (χ0) is 19.8. The quantitative estimate of drug-likeness (QED) is 0.456. The summed E-state index contributed by atoms with van der Waals surface area (Å²) >= 11 is 0. The van der Waals surface area contributed by atoms with E-state index in [0.29, 0.717) is 25.2 Å². The molecule has 0 aliphatic carbocycles. The van der Waals surface area contributed by atoms with E-state index in [-0.39, 0.29) is 5.78 Å². The molecule has 2 aromatic carbocycles. The maximum atomic E-state index is 12.8. The predicted molar refractivity (Wildman–Crippen MR) is 110 cm³/mol. The van der Waals surface area contributed by atoms with Crippen molar-refractivity contribution in [1.82, 2.24) is 9.96 Å². The molecule has 0 radical (unpaired) electrons. The average molecular weight is 376 g/mol. The summed E-state index contributed by atoms with van der Waals surface area (Å²) in [5.74, 6) is -0.0368. The SMILES string of the molecule is O=C/C=C/c1cccc(/C=C/C(=O)c2ccccc2CN2CCN(O)CC2)c1. The van der Waals surface area contributed by atoms with Gasteiger partial charge in [0.05, 0.1) is 0 Å². The molecule has 3 rings (SSSR count). The Balaban J connectivity index is 1.71. The number of nitrogens with zero attached hydrogens (tertiary/aromatic N) is 2. The van der Waals surface area contributed by atoms with Crippen LogP contribution in [0.4, 0.5) is 0 Å². The lowest BCUT2D eigenvalue weighted by Crippen LogP contribution is -2.44. The second kappa shape index (κ2) is 9.90. The molecule has 1 fully saturated rings. The standard InChI is InChI=1S/C23H24N2O3/c26-16-4-7-19-5-3-6-20(17-19)10-11-23(27)22-9-2-1-8-21(22)18-24-12-14-25(28)15-13-24/h1-11,16-17,28H,12-15,18H2/b7-4+,11-10+. The molecule has 1 heterocycles. The second-order valence-corrected chi connectivity index (χ2v) is 6.75. The fourth-order valence-electron chi connectivity index (χ4n) is 3.21. The first-order valence-electron chi connectivity index (χ1n) is 9.34. The number of benzene rings is 2. The van der Waals surface area contributed by atoms with Crippen molar-refractivity contribution >= 4 is 24.2 Å². The van der Waals surface area contributed by atoms with Gasteiger partial charge < -0.3 is 5.21 Å². The number of hydrogen-bond acceptors (Lipinski definition) is 5. The van der Waals surface area contributed by atoms with E-state index in [1.54, 1.807) is 18.2 Å². The van der Waals surface area contributed by atoms with Gasteiger partial charge in [0.15, 0.2) is 5.78 Å². The summed E-state index contributed by atoms with van der Waals surface area (Å²) in [6.07, 6.45) is 7.30. The molecule has 28 heavy (non-hydrogen) atoms. The van der Waals surface area contributed by atoms with Gasteiger partial charge in [0, 0.05) is 38.3 Å². The number of hydroxylamine groups is 2. The Morgan fingerprint density at radius 2 is 1.68 bits per heavy atom. The first-order valence-corrected chi connectivity index (χ1v) is 9.34. The average Bonchev–Trinajstić information content (AvgIpc) is 2.73. The van der Waals surface area contributed by atoms with E-state index in [1.165, 1.54) is 11.1 Å². The van der Waals surface area contributed by atoms with Gasteiger partial charge in [-0.2, -0.15) is 5.06 Å². The zero-order valence-electron chi connectivity index (χ0n) is 15.7. The number of aldehydes is 1. The Hall–Kier alpha value is -2.86. The van der Waals surface area contributed by atoms with Crippen molar-refractivity contribution < 1.29 is 14.8 Å². The van der Waals surface area contributed by atoms with Crippen LogP contribution in [-0.2, 0) is 11.3 Å². The molecule has 0 spiro atoms. The van der Waals surface area contributed by atoms with Crippen molar-refractivity contribution in [2.75, 3.05) is 26.2 Å². The Morgan fingerprint density at radius 3 is 2.43 bits per heavy atom. The first kappa shape index (κ1) is 19.9. The normalized spacial score (nSPS) is 16.0. The Kier molecular flexibility index (Phi) is 7.03. The second-order valence-electron chi connectivity index (χ2n) is 6.75. The summed E-state index contributed by atoms with van der Waals surface area (Å²) in [5.41, 5.74) is 3.50. The molecular weight excluding hydrogens is 352 g/mol. The van der Waals surface area contributed by atoms with E-state index in [0.717, 1.165) is 36.1 Å². The minimum atomic E-state index is -0.0368. The van der Waals surface area contributed by atoms with Gasteiger partial charge in [-0.1, -0.05) is 54.6 Å². The van der Waals surface area contributed by atoms with Crippen LogP contribution in [0.15, 0.2) is 60.7 Å². The number of ketones is 1. The fourth-order valence-corrected chi connectivity index (χ4v) is 3.21. The summed E-state index contributed by atoms with van der Waals surface area (Å²) in [6.45, 7) is 3.47. The highest BCUT2D eigenvalue weighted by Gasteiger charge is 2.17. The number of carbonyl (C=O) groups is 2. The van der Waals surface area contributed by atoms with Crippen molar-refractivity contribution in [3.8, 4) is 0 Å². The highest BCUT2D eigenvalue weighted by atomic mass is 16.5. The van der Waals surface area contributed by atoms with Crippen LogP contribution in [0.1, 0.15) is 27.0 Å². The smallest absolute Gasteiger partial charge is 0.186 e. The summed E-state index contributed by atoms with van der Waals surface area (Å²) in [7, 11) is 0. The number of hydrogen-bond donors (Lipinski definition) is 1. The fraction of sp³-hybridized carbons (Fsp3) is 0.217. The minimum absolute atomic E-state index is 0.0368. The van der Waals surface area contributed by atoms with Crippen molar-refractivity contribution in [2.45, 2.75) is 6.54 Å². The third-order valence-electron chi connectivity index (χ3n) is 4.73. The number of rotatable bonds is 7. The third-order valence-corrected chi connectivity index (χ3v) is 4.73. The van der Waals surface area contributed by atoms with Crippen LogP contribution in [0.5, 0.6) is 0 Å². The summed E-state index contributed by atoms with van der Waals surface area (Å²) in [4.78, 5) is 25.5. The number of piperazine rings is 1. The zero-order valence-corrected chi connectivity index (χ0v) is 15.7. The van der Waals surface area contributed by atoms with Crippen molar-refractivity contribution in [1.29, 1.82) is 0 Å². The van der Waals surface area contributed by atoms with Crippen LogP contribution in [0.2, 0.25) is 0 Å². The number of allylic oxidation sites excluding steroid dienone is 2. The third kappa shape index (κ3) is 5.57. The molecule has 0 amide bonds. The molecule has 5 heteroatoms. The van der Waals surface area contributed by atoms with Crippen molar-refractivity contribution in [3.63, 3.8) is 0 Å². The topological polar surface area (TPSA) is 60.9 Å². The van der Waals surface area contributed by atoms with E-state index in [1.807, 2.05) is 48.5 Å². The highest BCUT2D eigenvalue weighted by Crippen LogP contribution is 2.16. The van der Waals surface area contributed by atoms with Gasteiger partial charge in [-0.3, -0.25) is 14.5 Å². The van der Waals surface area contributed by atoms with Crippen LogP contribution in [0.3, 0.4) is 0 Å². The summed E-state index contributed by atoms with van der Waals surface area (Å²) < 4.78 is 0. The predicted octanol–water partition coefficient (Wildman–Crippen LogP) is 3.30. The molecule has 0 unspecified atom stereocenters. The van der Waals surface area contributed by atoms with E-state index >= 15 is 0 Å². The molecule has 0 bridgehead atoms. The maximum Gasteiger partial charge on any atom is 0.186 e.